The van der Waals surface area contributed by atoms with Gasteiger partial charge in [-0.15, -0.1) is 0 Å². The monoisotopic (exact) mass is 477 g/mol. The van der Waals surface area contributed by atoms with Crippen molar-refractivity contribution in [3.63, 3.8) is 0 Å². The summed E-state index contributed by atoms with van der Waals surface area (Å²) in [5.41, 5.74) is 3.62. The van der Waals surface area contributed by atoms with Gasteiger partial charge in [0.15, 0.2) is 11.5 Å². The molecule has 4 rings (SSSR count). The van der Waals surface area contributed by atoms with E-state index in [0.717, 1.165) is 16.6 Å². The number of halogens is 1. The number of fused-ring (bicyclic) bond motifs is 1. The molecule has 0 bridgehead atoms. The molecule has 1 aromatic heterocycles. The maximum Gasteiger partial charge on any atom is 0.255 e. The summed E-state index contributed by atoms with van der Waals surface area (Å²) in [4.78, 5) is 21.0. The van der Waals surface area contributed by atoms with E-state index >= 15 is 0 Å². The van der Waals surface area contributed by atoms with E-state index in [2.05, 4.69) is 31.2 Å². The van der Waals surface area contributed by atoms with Crippen molar-refractivity contribution in [3.8, 4) is 11.5 Å². The lowest BCUT2D eigenvalue weighted by Gasteiger charge is -2.10. The number of aromatic hydroxyl groups is 1. The van der Waals surface area contributed by atoms with Gasteiger partial charge in [0.1, 0.15) is 5.82 Å². The Kier molecular flexibility index (Phi) is 6.04. The quantitative estimate of drug-likeness (QED) is 0.344. The number of rotatable bonds is 6. The summed E-state index contributed by atoms with van der Waals surface area (Å²) < 4.78 is 5.84. The lowest BCUT2D eigenvalue weighted by molar-refractivity contribution is -0.115. The number of nitrogens with zero attached hydrogens (tertiary/aromatic N) is 1. The second-order valence-corrected chi connectivity index (χ2v) is 7.73. The lowest BCUT2D eigenvalue weighted by atomic mass is 10.1. The maximum atomic E-state index is 13.2. The van der Waals surface area contributed by atoms with Crippen LogP contribution in [0.25, 0.3) is 22.7 Å². The normalized spacial score (nSPS) is 11.5. The van der Waals surface area contributed by atoms with Crippen molar-refractivity contribution in [2.45, 2.75) is 6.54 Å². The molecule has 0 spiro atoms. The third-order valence-electron chi connectivity index (χ3n) is 4.78. The highest BCUT2D eigenvalue weighted by atomic mass is 79.9. The van der Waals surface area contributed by atoms with Crippen LogP contribution in [0.1, 0.15) is 17.0 Å². The Hall–Kier alpha value is -3.58. The number of methoxy groups -OCH3 is 1. The largest absolute Gasteiger partial charge is 0.504 e. The van der Waals surface area contributed by atoms with Crippen molar-refractivity contribution in [2.75, 3.05) is 7.11 Å². The fourth-order valence-electron chi connectivity index (χ4n) is 3.18. The number of aromatic amines is 1. The molecular weight excluding hydrogens is 458 g/mol. The first-order chi connectivity index (χ1) is 15.0. The number of aromatic nitrogens is 2. The van der Waals surface area contributed by atoms with Crippen LogP contribution in [0.5, 0.6) is 11.5 Å². The molecule has 0 radical (unpaired) electrons. The van der Waals surface area contributed by atoms with Gasteiger partial charge in [-0.25, -0.2) is 4.98 Å². The molecule has 0 atom stereocenters. The minimum absolute atomic E-state index is 0.00495. The first-order valence-electron chi connectivity index (χ1n) is 9.60. The van der Waals surface area contributed by atoms with Crippen molar-refractivity contribution in [1.29, 1.82) is 0 Å². The molecule has 0 saturated carbocycles. The molecule has 0 aliphatic carbocycles. The van der Waals surface area contributed by atoms with Crippen LogP contribution in [0.4, 0.5) is 0 Å². The number of ether oxygens (including phenoxy) is 1. The van der Waals surface area contributed by atoms with Gasteiger partial charge in [0, 0.05) is 11.0 Å². The van der Waals surface area contributed by atoms with Gasteiger partial charge in [-0.3, -0.25) is 4.79 Å². The summed E-state index contributed by atoms with van der Waals surface area (Å²) in [5.74, 6) is 0.487. The van der Waals surface area contributed by atoms with E-state index in [9.17, 15) is 9.90 Å². The number of amides is 1. The Morgan fingerprint density at radius 3 is 2.65 bits per heavy atom. The third kappa shape index (κ3) is 4.62. The zero-order valence-corrected chi connectivity index (χ0v) is 18.3. The van der Waals surface area contributed by atoms with Crippen molar-refractivity contribution >= 4 is 44.5 Å². The second-order valence-electron chi connectivity index (χ2n) is 6.87. The molecule has 3 aromatic carbocycles. The molecule has 31 heavy (non-hydrogen) atoms. The van der Waals surface area contributed by atoms with Gasteiger partial charge in [-0.05, 0) is 41.5 Å². The molecule has 0 aliphatic rings. The van der Waals surface area contributed by atoms with Crippen LogP contribution in [-0.4, -0.2) is 28.1 Å². The van der Waals surface area contributed by atoms with Crippen molar-refractivity contribution in [1.82, 2.24) is 15.3 Å². The number of benzene rings is 3. The fourth-order valence-corrected chi connectivity index (χ4v) is 3.63. The van der Waals surface area contributed by atoms with E-state index in [1.165, 1.54) is 13.2 Å². The zero-order valence-electron chi connectivity index (χ0n) is 16.7. The van der Waals surface area contributed by atoms with E-state index < -0.39 is 0 Å². The standard InChI is InChI=1S/C24H20BrN3O3/c1-31-22-12-16(18(25)13-21(22)29)11-17(23-27-19-9-5-6-10-20(19)28-23)24(30)26-14-15-7-3-2-4-8-15/h2-13,29H,14H2,1H3,(H,26,30)(H,27,28)/b17-11+. The highest BCUT2D eigenvalue weighted by molar-refractivity contribution is 9.10. The number of imidazole rings is 1. The Balaban J connectivity index is 1.75. The maximum absolute atomic E-state index is 13.2. The third-order valence-corrected chi connectivity index (χ3v) is 5.47. The Morgan fingerprint density at radius 1 is 1.16 bits per heavy atom. The van der Waals surface area contributed by atoms with Crippen LogP contribution in [0.3, 0.4) is 0 Å². The minimum atomic E-state index is -0.276. The SMILES string of the molecule is COc1cc(/C=C(/C(=O)NCc2ccccc2)c2nc3ccccc3[nH]2)c(Br)cc1O. The summed E-state index contributed by atoms with van der Waals surface area (Å²) in [6.07, 6.45) is 1.71. The van der Waals surface area contributed by atoms with E-state index in [0.29, 0.717) is 33.7 Å². The predicted octanol–water partition coefficient (Wildman–Crippen LogP) is 4.90. The van der Waals surface area contributed by atoms with Crippen LogP contribution in [-0.2, 0) is 11.3 Å². The smallest absolute Gasteiger partial charge is 0.255 e. The van der Waals surface area contributed by atoms with Crippen LogP contribution in [0.2, 0.25) is 0 Å². The van der Waals surface area contributed by atoms with Gasteiger partial charge in [-0.2, -0.15) is 0 Å². The molecule has 0 aliphatic heterocycles. The van der Waals surface area contributed by atoms with Crippen molar-refractivity contribution in [2.24, 2.45) is 0 Å². The topological polar surface area (TPSA) is 87.2 Å². The van der Waals surface area contributed by atoms with Gasteiger partial charge < -0.3 is 20.1 Å². The number of para-hydroxylation sites is 2. The van der Waals surface area contributed by atoms with Crippen LogP contribution in [0.15, 0.2) is 71.2 Å². The molecule has 0 saturated heterocycles. The van der Waals surface area contributed by atoms with Crippen LogP contribution in [0, 0.1) is 0 Å². The van der Waals surface area contributed by atoms with E-state index in [4.69, 9.17) is 4.74 Å². The fraction of sp³-hybridized carbons (Fsp3) is 0.0833. The predicted molar refractivity (Wildman–Crippen MR) is 125 cm³/mol. The molecule has 4 aromatic rings. The number of hydrogen-bond acceptors (Lipinski definition) is 4. The summed E-state index contributed by atoms with van der Waals surface area (Å²) in [6, 6.07) is 20.5. The number of phenols is 1. The van der Waals surface area contributed by atoms with Crippen molar-refractivity contribution in [3.05, 3.63) is 88.2 Å². The molecule has 1 heterocycles. The Bertz CT molecular complexity index is 1230. The average molecular weight is 478 g/mol. The summed E-state index contributed by atoms with van der Waals surface area (Å²) >= 11 is 3.45. The number of H-pyrrole nitrogens is 1. The van der Waals surface area contributed by atoms with E-state index in [-0.39, 0.29) is 11.7 Å². The second kappa shape index (κ2) is 9.06. The van der Waals surface area contributed by atoms with E-state index in [1.807, 2.05) is 54.6 Å². The number of carbonyl (C=O) groups is 1. The molecular formula is C24H20BrN3O3. The molecule has 6 nitrogen and oxygen atoms in total. The first kappa shape index (κ1) is 20.7. The van der Waals surface area contributed by atoms with Gasteiger partial charge in [0.25, 0.3) is 5.91 Å². The lowest BCUT2D eigenvalue weighted by Crippen LogP contribution is -2.24. The highest BCUT2D eigenvalue weighted by Gasteiger charge is 2.18. The van der Waals surface area contributed by atoms with Gasteiger partial charge >= 0.3 is 0 Å². The van der Waals surface area contributed by atoms with Crippen molar-refractivity contribution < 1.29 is 14.6 Å². The summed E-state index contributed by atoms with van der Waals surface area (Å²) in [7, 11) is 1.48. The highest BCUT2D eigenvalue weighted by Crippen LogP contribution is 2.34. The Labute approximate surface area is 187 Å². The van der Waals surface area contributed by atoms with Gasteiger partial charge in [-0.1, -0.05) is 58.4 Å². The van der Waals surface area contributed by atoms with E-state index in [1.54, 1.807) is 12.1 Å². The molecule has 156 valence electrons. The van der Waals surface area contributed by atoms with Crippen LogP contribution >= 0.6 is 15.9 Å². The molecule has 3 N–H and O–H groups in total. The molecule has 0 unspecified atom stereocenters. The van der Waals surface area contributed by atoms with Gasteiger partial charge in [0.05, 0.1) is 23.7 Å². The number of phenolic OH excluding ortho intramolecular Hbond substituents is 1. The number of hydrogen-bond donors (Lipinski definition) is 3. The summed E-state index contributed by atoms with van der Waals surface area (Å²) in [6.45, 7) is 0.386. The number of nitrogens with one attached hydrogen (secondary N) is 2. The van der Waals surface area contributed by atoms with Crippen LogP contribution < -0.4 is 10.1 Å². The Morgan fingerprint density at radius 2 is 1.90 bits per heavy atom. The molecule has 0 fully saturated rings. The average Bonchev–Trinajstić information content (AvgIpc) is 3.21. The molecule has 7 heteroatoms. The summed E-state index contributed by atoms with van der Waals surface area (Å²) in [5, 5.41) is 13.0. The van der Waals surface area contributed by atoms with Gasteiger partial charge in [0.2, 0.25) is 0 Å². The first-order valence-corrected chi connectivity index (χ1v) is 10.4. The molecule has 1 amide bonds. The minimum Gasteiger partial charge on any atom is -0.504 e. The number of carbonyl (C=O) groups excluding carboxylic acids is 1. The zero-order chi connectivity index (χ0) is 21.8.